The summed E-state index contributed by atoms with van der Waals surface area (Å²) in [6, 6.07) is 0. The van der Waals surface area contributed by atoms with Crippen molar-refractivity contribution in [3.8, 4) is 0 Å². The van der Waals surface area contributed by atoms with E-state index < -0.39 is 6.10 Å². The van der Waals surface area contributed by atoms with E-state index in [-0.39, 0.29) is 6.10 Å². The average Bonchev–Trinajstić information content (AvgIpc) is 2.31. The van der Waals surface area contributed by atoms with Crippen LogP contribution >= 0.6 is 0 Å². The third-order valence-corrected chi connectivity index (χ3v) is 4.35. The van der Waals surface area contributed by atoms with Gasteiger partial charge in [-0.25, -0.2) is 0 Å². The molecule has 1 rings (SSSR count). The first-order valence-electron chi connectivity index (χ1n) is 7.47. The first kappa shape index (κ1) is 16.9. The Morgan fingerprint density at radius 1 is 1.32 bits per heavy atom. The molecule has 0 amide bonds. The highest BCUT2D eigenvalue weighted by Gasteiger charge is 2.31. The van der Waals surface area contributed by atoms with Crippen LogP contribution in [0.1, 0.15) is 33.1 Å². The Labute approximate surface area is 117 Å². The van der Waals surface area contributed by atoms with Gasteiger partial charge in [-0.15, -0.1) is 0 Å². The second kappa shape index (κ2) is 8.20. The van der Waals surface area contributed by atoms with Gasteiger partial charge in [-0.2, -0.15) is 0 Å². The molecule has 114 valence electrons. The highest BCUT2D eigenvalue weighted by Crippen LogP contribution is 2.34. The highest BCUT2D eigenvalue weighted by molar-refractivity contribution is 4.83. The van der Waals surface area contributed by atoms with Gasteiger partial charge >= 0.3 is 0 Å². The Kier molecular flexibility index (Phi) is 7.29. The molecule has 1 aliphatic rings. The summed E-state index contributed by atoms with van der Waals surface area (Å²) in [5.74, 6) is 1.76. The monoisotopic (exact) mass is 273 g/mol. The Morgan fingerprint density at radius 3 is 2.58 bits per heavy atom. The molecule has 0 aromatic carbocycles. The Bertz CT molecular complexity index is 248. The normalized spacial score (nSPS) is 30.0. The van der Waals surface area contributed by atoms with E-state index in [4.69, 9.17) is 4.74 Å². The first-order valence-corrected chi connectivity index (χ1v) is 7.47. The molecule has 0 aromatic rings. The van der Waals surface area contributed by atoms with Gasteiger partial charge in [-0.05, 0) is 44.1 Å². The molecular formula is C15H31NO3. The summed E-state index contributed by atoms with van der Waals surface area (Å²) >= 11 is 0. The molecule has 0 aromatic heterocycles. The van der Waals surface area contributed by atoms with E-state index in [9.17, 15) is 10.2 Å². The molecule has 4 atom stereocenters. The summed E-state index contributed by atoms with van der Waals surface area (Å²) in [4.78, 5) is 2.11. The van der Waals surface area contributed by atoms with Crippen LogP contribution in [0.2, 0.25) is 0 Å². The van der Waals surface area contributed by atoms with E-state index >= 15 is 0 Å². The summed E-state index contributed by atoms with van der Waals surface area (Å²) < 4.78 is 4.94. The van der Waals surface area contributed by atoms with Gasteiger partial charge in [0, 0.05) is 20.2 Å². The maximum Gasteiger partial charge on any atom is 0.0899 e. The number of hydrogen-bond acceptors (Lipinski definition) is 4. The molecule has 0 bridgehead atoms. The summed E-state index contributed by atoms with van der Waals surface area (Å²) in [5, 5.41) is 19.9. The fourth-order valence-corrected chi connectivity index (χ4v) is 3.17. The third-order valence-electron chi connectivity index (χ3n) is 4.35. The topological polar surface area (TPSA) is 52.9 Å². The van der Waals surface area contributed by atoms with Crippen LogP contribution in [0.4, 0.5) is 0 Å². The number of ether oxygens (including phenoxy) is 1. The molecule has 4 nitrogen and oxygen atoms in total. The van der Waals surface area contributed by atoms with Gasteiger partial charge in [0.25, 0.3) is 0 Å². The predicted molar refractivity (Wildman–Crippen MR) is 77.1 cm³/mol. The molecule has 1 fully saturated rings. The van der Waals surface area contributed by atoms with E-state index in [1.165, 1.54) is 0 Å². The van der Waals surface area contributed by atoms with Crippen LogP contribution < -0.4 is 0 Å². The van der Waals surface area contributed by atoms with Crippen molar-refractivity contribution in [2.45, 2.75) is 45.3 Å². The van der Waals surface area contributed by atoms with E-state index in [0.717, 1.165) is 31.7 Å². The van der Waals surface area contributed by atoms with Crippen LogP contribution in [0.3, 0.4) is 0 Å². The lowest BCUT2D eigenvalue weighted by Crippen LogP contribution is -2.41. The zero-order valence-corrected chi connectivity index (χ0v) is 12.9. The SMILES string of the molecule is COCC(O)CN(C)CC1CC(C(C)C)CCC1O. The van der Waals surface area contributed by atoms with Crippen LogP contribution in [-0.4, -0.2) is 61.2 Å². The molecular weight excluding hydrogens is 242 g/mol. The fraction of sp³-hybridized carbons (Fsp3) is 1.00. The first-order chi connectivity index (χ1) is 8.93. The maximum absolute atomic E-state index is 10.1. The van der Waals surface area contributed by atoms with Crippen molar-refractivity contribution >= 4 is 0 Å². The molecule has 4 unspecified atom stereocenters. The number of aliphatic hydroxyl groups excluding tert-OH is 2. The standard InChI is InChI=1S/C15H31NO3/c1-11(2)12-5-6-15(18)13(7-12)8-16(3)9-14(17)10-19-4/h11-15,17-18H,5-10H2,1-4H3. The van der Waals surface area contributed by atoms with Gasteiger partial charge in [-0.1, -0.05) is 13.8 Å². The fourth-order valence-electron chi connectivity index (χ4n) is 3.17. The lowest BCUT2D eigenvalue weighted by molar-refractivity contribution is 0.00484. The van der Waals surface area contributed by atoms with Crippen LogP contribution in [0.5, 0.6) is 0 Å². The van der Waals surface area contributed by atoms with Gasteiger partial charge < -0.3 is 19.8 Å². The molecule has 2 N–H and O–H groups in total. The van der Waals surface area contributed by atoms with Crippen molar-refractivity contribution in [2.75, 3.05) is 33.9 Å². The molecule has 1 aliphatic carbocycles. The van der Waals surface area contributed by atoms with Gasteiger partial charge in [0.1, 0.15) is 0 Å². The van der Waals surface area contributed by atoms with E-state index in [0.29, 0.717) is 25.0 Å². The van der Waals surface area contributed by atoms with Crippen molar-refractivity contribution in [3.05, 3.63) is 0 Å². The van der Waals surface area contributed by atoms with Crippen molar-refractivity contribution < 1.29 is 14.9 Å². The molecule has 0 aliphatic heterocycles. The van der Waals surface area contributed by atoms with E-state index in [1.807, 2.05) is 7.05 Å². The molecule has 0 saturated heterocycles. The maximum atomic E-state index is 10.1. The number of rotatable bonds is 7. The Balaban J connectivity index is 2.40. The molecule has 19 heavy (non-hydrogen) atoms. The second-order valence-corrected chi connectivity index (χ2v) is 6.47. The van der Waals surface area contributed by atoms with Crippen molar-refractivity contribution in [1.82, 2.24) is 4.90 Å². The largest absolute Gasteiger partial charge is 0.393 e. The van der Waals surface area contributed by atoms with Crippen LogP contribution in [0.15, 0.2) is 0 Å². The van der Waals surface area contributed by atoms with Crippen LogP contribution in [-0.2, 0) is 4.74 Å². The Morgan fingerprint density at radius 2 is 2.00 bits per heavy atom. The van der Waals surface area contributed by atoms with Crippen LogP contribution in [0.25, 0.3) is 0 Å². The van der Waals surface area contributed by atoms with Crippen molar-refractivity contribution in [1.29, 1.82) is 0 Å². The molecule has 0 heterocycles. The predicted octanol–water partition coefficient (Wildman–Crippen LogP) is 1.36. The quantitative estimate of drug-likeness (QED) is 0.735. The van der Waals surface area contributed by atoms with Crippen molar-refractivity contribution in [3.63, 3.8) is 0 Å². The lowest BCUT2D eigenvalue weighted by atomic mass is 9.74. The van der Waals surface area contributed by atoms with Crippen molar-refractivity contribution in [2.24, 2.45) is 17.8 Å². The minimum absolute atomic E-state index is 0.183. The second-order valence-electron chi connectivity index (χ2n) is 6.47. The number of hydrogen-bond donors (Lipinski definition) is 2. The summed E-state index contributed by atoms with van der Waals surface area (Å²) in [6.45, 7) is 6.36. The lowest BCUT2D eigenvalue weighted by Gasteiger charge is -2.37. The van der Waals surface area contributed by atoms with Gasteiger partial charge in [0.15, 0.2) is 0 Å². The third kappa shape index (κ3) is 5.78. The zero-order valence-electron chi connectivity index (χ0n) is 12.9. The number of likely N-dealkylation sites (N-methyl/N-ethyl adjacent to an activating group) is 1. The Hall–Kier alpha value is -0.160. The smallest absolute Gasteiger partial charge is 0.0899 e. The van der Waals surface area contributed by atoms with E-state index in [2.05, 4.69) is 18.7 Å². The summed E-state index contributed by atoms with van der Waals surface area (Å²) in [6.07, 6.45) is 2.53. The highest BCUT2D eigenvalue weighted by atomic mass is 16.5. The van der Waals surface area contributed by atoms with Crippen LogP contribution in [0, 0.1) is 17.8 Å². The molecule has 4 heteroatoms. The molecule has 0 spiro atoms. The van der Waals surface area contributed by atoms with Gasteiger partial charge in [0.05, 0.1) is 18.8 Å². The number of methoxy groups -OCH3 is 1. The van der Waals surface area contributed by atoms with Gasteiger partial charge in [-0.3, -0.25) is 0 Å². The minimum Gasteiger partial charge on any atom is -0.393 e. The van der Waals surface area contributed by atoms with Gasteiger partial charge in [0.2, 0.25) is 0 Å². The molecule has 0 radical (unpaired) electrons. The number of nitrogens with zero attached hydrogens (tertiary/aromatic N) is 1. The number of aliphatic hydroxyl groups is 2. The minimum atomic E-state index is -0.448. The van der Waals surface area contributed by atoms with E-state index in [1.54, 1.807) is 7.11 Å². The summed E-state index contributed by atoms with van der Waals surface area (Å²) in [7, 11) is 3.60. The molecule has 1 saturated carbocycles. The zero-order chi connectivity index (χ0) is 14.4. The average molecular weight is 273 g/mol. The summed E-state index contributed by atoms with van der Waals surface area (Å²) in [5.41, 5.74) is 0.